The van der Waals surface area contributed by atoms with Gasteiger partial charge in [0.25, 0.3) is 5.91 Å². The SMILES string of the molecule is CCC(C)(C#N)NC(=O)c1ccc(OC)cc1O. The second-order valence-corrected chi connectivity index (χ2v) is 4.13. The molecule has 1 unspecified atom stereocenters. The molecule has 0 heterocycles. The lowest BCUT2D eigenvalue weighted by Gasteiger charge is -2.21. The molecule has 1 aromatic carbocycles. The predicted molar refractivity (Wildman–Crippen MR) is 66.4 cm³/mol. The van der Waals surface area contributed by atoms with E-state index in [0.717, 1.165) is 0 Å². The summed E-state index contributed by atoms with van der Waals surface area (Å²) in [5, 5.41) is 21.3. The molecule has 0 saturated heterocycles. The first-order valence-corrected chi connectivity index (χ1v) is 5.56. The summed E-state index contributed by atoms with van der Waals surface area (Å²) in [5.74, 6) is -0.202. The molecule has 1 amide bonds. The van der Waals surface area contributed by atoms with Crippen LogP contribution in [0, 0.1) is 11.3 Å². The molecule has 96 valence electrons. The maximum absolute atomic E-state index is 11.9. The number of phenols is 1. The van der Waals surface area contributed by atoms with Crippen LogP contribution in [0.5, 0.6) is 11.5 Å². The third-order valence-corrected chi connectivity index (χ3v) is 2.79. The zero-order valence-corrected chi connectivity index (χ0v) is 10.7. The number of hydrogen-bond acceptors (Lipinski definition) is 4. The fraction of sp³-hybridized carbons (Fsp3) is 0.385. The number of hydrogen-bond donors (Lipinski definition) is 2. The molecule has 5 nitrogen and oxygen atoms in total. The molecule has 2 N–H and O–H groups in total. The number of ether oxygens (including phenoxy) is 1. The first-order valence-electron chi connectivity index (χ1n) is 5.56. The molecule has 18 heavy (non-hydrogen) atoms. The van der Waals surface area contributed by atoms with Gasteiger partial charge in [0.15, 0.2) is 0 Å². The van der Waals surface area contributed by atoms with E-state index < -0.39 is 11.4 Å². The molecule has 0 saturated carbocycles. The van der Waals surface area contributed by atoms with Gasteiger partial charge in [-0.3, -0.25) is 4.79 Å². The molecule has 0 aliphatic carbocycles. The molecular weight excluding hydrogens is 232 g/mol. The molecule has 5 heteroatoms. The highest BCUT2D eigenvalue weighted by atomic mass is 16.5. The number of nitrogens with zero attached hydrogens (tertiary/aromatic N) is 1. The van der Waals surface area contributed by atoms with Gasteiger partial charge in [0.1, 0.15) is 17.0 Å². The molecule has 1 aromatic rings. The van der Waals surface area contributed by atoms with Gasteiger partial charge in [-0.25, -0.2) is 0 Å². The van der Waals surface area contributed by atoms with Gasteiger partial charge in [0, 0.05) is 6.07 Å². The van der Waals surface area contributed by atoms with Gasteiger partial charge in [0.2, 0.25) is 0 Å². The highest BCUT2D eigenvalue weighted by molar-refractivity contribution is 5.97. The minimum absolute atomic E-state index is 0.116. The number of nitriles is 1. The van der Waals surface area contributed by atoms with Crippen LogP contribution in [0.4, 0.5) is 0 Å². The summed E-state index contributed by atoms with van der Waals surface area (Å²) in [6, 6.07) is 6.41. The van der Waals surface area contributed by atoms with Crippen LogP contribution >= 0.6 is 0 Å². The van der Waals surface area contributed by atoms with Crippen LogP contribution in [0.1, 0.15) is 30.6 Å². The van der Waals surface area contributed by atoms with Gasteiger partial charge in [-0.15, -0.1) is 0 Å². The van der Waals surface area contributed by atoms with Crippen molar-refractivity contribution in [3.8, 4) is 17.6 Å². The Hall–Kier alpha value is -2.22. The lowest BCUT2D eigenvalue weighted by atomic mass is 10.0. The molecule has 0 aromatic heterocycles. The van der Waals surface area contributed by atoms with Crippen LogP contribution in [0.25, 0.3) is 0 Å². The zero-order valence-electron chi connectivity index (χ0n) is 10.7. The van der Waals surface area contributed by atoms with E-state index in [2.05, 4.69) is 5.32 Å². The van der Waals surface area contributed by atoms with Gasteiger partial charge in [0.05, 0.1) is 18.7 Å². The summed E-state index contributed by atoms with van der Waals surface area (Å²) in [7, 11) is 1.47. The topological polar surface area (TPSA) is 82.4 Å². The molecule has 0 aliphatic heterocycles. The van der Waals surface area contributed by atoms with Gasteiger partial charge in [-0.1, -0.05) is 6.92 Å². The van der Waals surface area contributed by atoms with Crippen molar-refractivity contribution in [2.24, 2.45) is 0 Å². The van der Waals surface area contributed by atoms with E-state index in [0.29, 0.717) is 12.2 Å². The third-order valence-electron chi connectivity index (χ3n) is 2.79. The van der Waals surface area contributed by atoms with E-state index in [4.69, 9.17) is 10.00 Å². The van der Waals surface area contributed by atoms with Crippen LogP contribution < -0.4 is 10.1 Å². The minimum atomic E-state index is -0.941. The van der Waals surface area contributed by atoms with E-state index in [1.54, 1.807) is 19.9 Å². The fourth-order valence-electron chi connectivity index (χ4n) is 1.34. The standard InChI is InChI=1S/C13H16N2O3/c1-4-13(2,8-14)15-12(17)10-6-5-9(18-3)7-11(10)16/h5-7,16H,4H2,1-3H3,(H,15,17). The largest absolute Gasteiger partial charge is 0.507 e. The van der Waals surface area contributed by atoms with E-state index in [9.17, 15) is 9.90 Å². The number of nitrogens with one attached hydrogen (secondary N) is 1. The van der Waals surface area contributed by atoms with Gasteiger partial charge in [-0.05, 0) is 25.5 Å². The van der Waals surface area contributed by atoms with Crippen molar-refractivity contribution >= 4 is 5.91 Å². The van der Waals surface area contributed by atoms with Crippen LogP contribution in [0.2, 0.25) is 0 Å². The molecular formula is C13H16N2O3. The number of phenolic OH excluding ortho intramolecular Hbond substituents is 1. The van der Waals surface area contributed by atoms with Gasteiger partial charge < -0.3 is 15.2 Å². The summed E-state index contributed by atoms with van der Waals surface area (Å²) in [6.07, 6.45) is 0.478. The van der Waals surface area contributed by atoms with Crippen molar-refractivity contribution in [2.75, 3.05) is 7.11 Å². The molecule has 1 atom stereocenters. The van der Waals surface area contributed by atoms with E-state index in [-0.39, 0.29) is 11.3 Å². The van der Waals surface area contributed by atoms with E-state index in [1.807, 2.05) is 6.07 Å². The number of rotatable bonds is 4. The highest BCUT2D eigenvalue weighted by Crippen LogP contribution is 2.24. The summed E-state index contributed by atoms with van der Waals surface area (Å²) in [5.41, 5.74) is -0.825. The van der Waals surface area contributed by atoms with E-state index >= 15 is 0 Å². The smallest absolute Gasteiger partial charge is 0.256 e. The lowest BCUT2D eigenvalue weighted by molar-refractivity contribution is 0.0920. The zero-order chi connectivity index (χ0) is 13.8. The number of carbonyl (C=O) groups excluding carboxylic acids is 1. The molecule has 0 spiro atoms. The fourth-order valence-corrected chi connectivity index (χ4v) is 1.34. The van der Waals surface area contributed by atoms with Crippen molar-refractivity contribution in [2.45, 2.75) is 25.8 Å². The molecule has 0 aliphatic rings. The Balaban J connectivity index is 2.96. The Bertz CT molecular complexity index is 493. The first-order chi connectivity index (χ1) is 8.45. The number of benzene rings is 1. The number of carbonyl (C=O) groups is 1. The summed E-state index contributed by atoms with van der Waals surface area (Å²) in [6.45, 7) is 3.43. The van der Waals surface area contributed by atoms with Crippen molar-refractivity contribution in [1.29, 1.82) is 5.26 Å². The Morgan fingerprint density at radius 2 is 2.28 bits per heavy atom. The Morgan fingerprint density at radius 1 is 1.61 bits per heavy atom. The van der Waals surface area contributed by atoms with E-state index in [1.165, 1.54) is 19.2 Å². The second-order valence-electron chi connectivity index (χ2n) is 4.13. The van der Waals surface area contributed by atoms with Crippen LogP contribution in [0.15, 0.2) is 18.2 Å². The summed E-state index contributed by atoms with van der Waals surface area (Å²) >= 11 is 0. The monoisotopic (exact) mass is 248 g/mol. The summed E-state index contributed by atoms with van der Waals surface area (Å²) < 4.78 is 4.93. The predicted octanol–water partition coefficient (Wildman–Crippen LogP) is 1.82. The number of amides is 1. The van der Waals surface area contributed by atoms with Gasteiger partial charge >= 0.3 is 0 Å². The maximum Gasteiger partial charge on any atom is 0.256 e. The number of aromatic hydroxyl groups is 1. The minimum Gasteiger partial charge on any atom is -0.507 e. The third kappa shape index (κ3) is 2.92. The van der Waals surface area contributed by atoms with Crippen LogP contribution in [-0.4, -0.2) is 23.7 Å². The Morgan fingerprint density at radius 3 is 2.72 bits per heavy atom. The van der Waals surface area contributed by atoms with Crippen molar-refractivity contribution < 1.29 is 14.6 Å². The van der Waals surface area contributed by atoms with Crippen molar-refractivity contribution in [1.82, 2.24) is 5.32 Å². The second kappa shape index (κ2) is 5.41. The maximum atomic E-state index is 11.9. The number of methoxy groups -OCH3 is 1. The normalized spacial score (nSPS) is 13.2. The molecule has 0 fully saturated rings. The lowest BCUT2D eigenvalue weighted by Crippen LogP contribution is -2.44. The molecule has 0 bridgehead atoms. The van der Waals surface area contributed by atoms with Gasteiger partial charge in [-0.2, -0.15) is 5.26 Å². The Kier molecular flexibility index (Phi) is 4.16. The average Bonchev–Trinajstić information content (AvgIpc) is 2.38. The first kappa shape index (κ1) is 13.8. The molecule has 1 rings (SSSR count). The highest BCUT2D eigenvalue weighted by Gasteiger charge is 2.25. The quantitative estimate of drug-likeness (QED) is 0.851. The summed E-state index contributed by atoms with van der Waals surface area (Å²) in [4.78, 5) is 11.9. The van der Waals surface area contributed by atoms with Crippen LogP contribution in [0.3, 0.4) is 0 Å². The average molecular weight is 248 g/mol. The van der Waals surface area contributed by atoms with Crippen LogP contribution in [-0.2, 0) is 0 Å². The Labute approximate surface area is 106 Å². The molecule has 0 radical (unpaired) electrons. The van der Waals surface area contributed by atoms with Crippen molar-refractivity contribution in [3.63, 3.8) is 0 Å². The van der Waals surface area contributed by atoms with Crippen molar-refractivity contribution in [3.05, 3.63) is 23.8 Å².